The average Bonchev–Trinajstić information content (AvgIpc) is 2.54. The van der Waals surface area contributed by atoms with Crippen molar-refractivity contribution in [2.45, 2.75) is 0 Å². The lowest BCUT2D eigenvalue weighted by atomic mass is 9.96. The monoisotopic (exact) mass is 378 g/mol. The highest BCUT2D eigenvalue weighted by Gasteiger charge is 2.27. The number of imide groups is 1. The third-order valence-electron chi connectivity index (χ3n) is 4.02. The van der Waals surface area contributed by atoms with Crippen molar-refractivity contribution in [1.29, 1.82) is 0 Å². The van der Waals surface area contributed by atoms with Crippen LogP contribution < -0.4 is 16.0 Å². The van der Waals surface area contributed by atoms with Crippen molar-refractivity contribution in [2.75, 3.05) is 39.3 Å². The van der Waals surface area contributed by atoms with Gasteiger partial charge in [0.05, 0.1) is 5.57 Å². The summed E-state index contributed by atoms with van der Waals surface area (Å²) in [4.78, 5) is 26.4. The number of carbonyl (C=O) groups excluding carboxylic acids is 2. The molecule has 122 valence electrons. The molecule has 2 amide bonds. The topological polar surface area (TPSA) is 73.5 Å². The molecule has 1 saturated heterocycles. The Kier molecular flexibility index (Phi) is 5.09. The number of nitrogens with one attached hydrogen (secondary N) is 3. The SMILES string of the molecule is O=C1NC(=O)c2ccc(Br)cc2C1=CNCCN1CCNCC1. The van der Waals surface area contributed by atoms with Crippen molar-refractivity contribution < 1.29 is 9.59 Å². The minimum absolute atomic E-state index is 0.351. The van der Waals surface area contributed by atoms with E-state index < -0.39 is 0 Å². The van der Waals surface area contributed by atoms with E-state index in [1.165, 1.54) is 0 Å². The molecule has 1 aromatic carbocycles. The summed E-state index contributed by atoms with van der Waals surface area (Å²) in [6.45, 7) is 5.82. The number of halogens is 1. The smallest absolute Gasteiger partial charge is 0.260 e. The molecule has 0 aromatic heterocycles. The normalized spacial score (nSPS) is 20.3. The molecule has 0 unspecified atom stereocenters. The van der Waals surface area contributed by atoms with Crippen LogP contribution in [-0.2, 0) is 4.79 Å². The fourth-order valence-electron chi connectivity index (χ4n) is 2.77. The minimum Gasteiger partial charge on any atom is -0.389 e. The second-order valence-electron chi connectivity index (χ2n) is 5.58. The number of fused-ring (bicyclic) bond motifs is 1. The maximum Gasteiger partial charge on any atom is 0.260 e. The van der Waals surface area contributed by atoms with E-state index in [2.05, 4.69) is 36.8 Å². The molecule has 0 atom stereocenters. The van der Waals surface area contributed by atoms with Crippen LogP contribution in [0.25, 0.3) is 5.57 Å². The second-order valence-corrected chi connectivity index (χ2v) is 6.49. The molecule has 2 heterocycles. The van der Waals surface area contributed by atoms with Gasteiger partial charge in [0.15, 0.2) is 0 Å². The zero-order valence-electron chi connectivity index (χ0n) is 12.7. The van der Waals surface area contributed by atoms with E-state index in [1.54, 1.807) is 24.4 Å². The van der Waals surface area contributed by atoms with E-state index in [0.717, 1.165) is 43.7 Å². The molecule has 1 aromatic rings. The molecular formula is C16H19BrN4O2. The molecule has 0 bridgehead atoms. The Bertz CT molecular complexity index is 653. The zero-order chi connectivity index (χ0) is 16.2. The van der Waals surface area contributed by atoms with Crippen molar-refractivity contribution in [3.63, 3.8) is 0 Å². The van der Waals surface area contributed by atoms with Crippen LogP contribution >= 0.6 is 15.9 Å². The van der Waals surface area contributed by atoms with Crippen molar-refractivity contribution >= 4 is 33.3 Å². The Labute approximate surface area is 143 Å². The number of nitrogens with zero attached hydrogens (tertiary/aromatic N) is 1. The van der Waals surface area contributed by atoms with Crippen LogP contribution in [0, 0.1) is 0 Å². The fourth-order valence-corrected chi connectivity index (χ4v) is 3.13. The molecule has 2 aliphatic rings. The first-order valence-corrected chi connectivity index (χ1v) is 8.46. The number of piperazine rings is 1. The largest absolute Gasteiger partial charge is 0.389 e. The van der Waals surface area contributed by atoms with Crippen LogP contribution in [0.15, 0.2) is 28.9 Å². The lowest BCUT2D eigenvalue weighted by molar-refractivity contribution is -0.114. The highest BCUT2D eigenvalue weighted by Crippen LogP contribution is 2.26. The summed E-state index contributed by atoms with van der Waals surface area (Å²) in [5, 5.41) is 8.89. The van der Waals surface area contributed by atoms with Crippen molar-refractivity contribution in [3.05, 3.63) is 40.0 Å². The predicted molar refractivity (Wildman–Crippen MR) is 91.9 cm³/mol. The second kappa shape index (κ2) is 7.25. The molecule has 0 aliphatic carbocycles. The number of amides is 2. The standard InChI is InChI=1S/C16H19BrN4O2/c17-11-1-2-12-13(9-11)14(16(23)20-15(12)22)10-19-5-8-21-6-3-18-4-7-21/h1-2,9-10,18-19H,3-8H2,(H,20,22,23). The molecule has 1 fully saturated rings. The van der Waals surface area contributed by atoms with Gasteiger partial charge in [0.2, 0.25) is 0 Å². The molecule has 7 heteroatoms. The van der Waals surface area contributed by atoms with E-state index in [0.29, 0.717) is 16.7 Å². The Balaban J connectivity index is 1.68. The maximum atomic E-state index is 12.1. The Hall–Kier alpha value is -1.70. The molecule has 3 N–H and O–H groups in total. The first-order chi connectivity index (χ1) is 11.1. The lowest BCUT2D eigenvalue weighted by Gasteiger charge is -2.27. The van der Waals surface area contributed by atoms with Crippen LogP contribution in [0.4, 0.5) is 0 Å². The summed E-state index contributed by atoms with van der Waals surface area (Å²) in [5.74, 6) is -0.717. The predicted octanol–water partition coefficient (Wildman–Crippen LogP) is 0.555. The van der Waals surface area contributed by atoms with E-state index in [4.69, 9.17) is 0 Å². The first-order valence-electron chi connectivity index (χ1n) is 7.67. The molecule has 3 rings (SSSR count). The van der Waals surface area contributed by atoms with Crippen LogP contribution in [0.1, 0.15) is 15.9 Å². The van der Waals surface area contributed by atoms with E-state index >= 15 is 0 Å². The van der Waals surface area contributed by atoms with Gasteiger partial charge in [-0.05, 0) is 18.2 Å². The molecule has 0 spiro atoms. The fraction of sp³-hybridized carbons (Fsp3) is 0.375. The van der Waals surface area contributed by atoms with Crippen molar-refractivity contribution in [2.24, 2.45) is 0 Å². The van der Waals surface area contributed by atoms with Gasteiger partial charge in [-0.25, -0.2) is 0 Å². The van der Waals surface area contributed by atoms with Crippen LogP contribution in [0.2, 0.25) is 0 Å². The van der Waals surface area contributed by atoms with Gasteiger partial charge in [0.1, 0.15) is 0 Å². The van der Waals surface area contributed by atoms with Gasteiger partial charge in [-0.2, -0.15) is 0 Å². The third-order valence-corrected chi connectivity index (χ3v) is 4.51. The van der Waals surface area contributed by atoms with E-state index in [9.17, 15) is 9.59 Å². The lowest BCUT2D eigenvalue weighted by Crippen LogP contribution is -2.45. The Morgan fingerprint density at radius 1 is 1.17 bits per heavy atom. The summed E-state index contributed by atoms with van der Waals surface area (Å²) in [5.41, 5.74) is 1.66. The van der Waals surface area contributed by atoms with E-state index in [-0.39, 0.29) is 11.8 Å². The number of carbonyl (C=O) groups is 2. The molecule has 23 heavy (non-hydrogen) atoms. The number of benzene rings is 1. The summed E-state index contributed by atoms with van der Waals surface area (Å²) < 4.78 is 0.838. The summed E-state index contributed by atoms with van der Waals surface area (Å²) in [6, 6.07) is 5.31. The summed E-state index contributed by atoms with van der Waals surface area (Å²) >= 11 is 3.39. The summed E-state index contributed by atoms with van der Waals surface area (Å²) in [6.07, 6.45) is 1.70. The van der Waals surface area contributed by atoms with Gasteiger partial charge < -0.3 is 10.6 Å². The van der Waals surface area contributed by atoms with Crippen LogP contribution in [0.3, 0.4) is 0 Å². The molecule has 0 saturated carbocycles. The Morgan fingerprint density at radius 2 is 1.96 bits per heavy atom. The van der Waals surface area contributed by atoms with Gasteiger partial charge in [-0.1, -0.05) is 15.9 Å². The summed E-state index contributed by atoms with van der Waals surface area (Å²) in [7, 11) is 0. The highest BCUT2D eigenvalue weighted by atomic mass is 79.9. The Morgan fingerprint density at radius 3 is 2.74 bits per heavy atom. The third kappa shape index (κ3) is 3.80. The average molecular weight is 379 g/mol. The molecule has 0 radical (unpaired) electrons. The van der Waals surface area contributed by atoms with Crippen molar-refractivity contribution in [1.82, 2.24) is 20.9 Å². The van der Waals surface area contributed by atoms with Crippen molar-refractivity contribution in [3.8, 4) is 0 Å². The van der Waals surface area contributed by atoms with Gasteiger partial charge >= 0.3 is 0 Å². The van der Waals surface area contributed by atoms with Crippen LogP contribution in [0.5, 0.6) is 0 Å². The van der Waals surface area contributed by atoms with Gasteiger partial charge in [-0.3, -0.25) is 19.8 Å². The molecule has 2 aliphatic heterocycles. The maximum absolute atomic E-state index is 12.1. The quantitative estimate of drug-likeness (QED) is 0.405. The number of hydrogen-bond donors (Lipinski definition) is 3. The first kappa shape index (κ1) is 16.2. The zero-order valence-corrected chi connectivity index (χ0v) is 14.3. The van der Waals surface area contributed by atoms with Gasteiger partial charge in [-0.15, -0.1) is 0 Å². The number of rotatable bonds is 4. The molecular weight excluding hydrogens is 360 g/mol. The minimum atomic E-state index is -0.365. The van der Waals surface area contributed by atoms with Gasteiger partial charge in [0, 0.05) is 61.1 Å². The highest BCUT2D eigenvalue weighted by molar-refractivity contribution is 9.10. The number of hydrogen-bond acceptors (Lipinski definition) is 5. The van der Waals surface area contributed by atoms with E-state index in [1.807, 2.05) is 0 Å². The molecule has 6 nitrogen and oxygen atoms in total. The van der Waals surface area contributed by atoms with Gasteiger partial charge in [0.25, 0.3) is 11.8 Å². The van der Waals surface area contributed by atoms with Crippen LogP contribution in [-0.4, -0.2) is 56.0 Å².